The molecule has 0 aliphatic carbocycles. The average Bonchev–Trinajstić information content (AvgIpc) is 2.79. The first-order valence-electron chi connectivity index (χ1n) is 10.0. The van der Waals surface area contributed by atoms with Gasteiger partial charge in [0.15, 0.2) is 0 Å². The predicted molar refractivity (Wildman–Crippen MR) is 130 cm³/mol. The molecule has 0 aromatic heterocycles. The molecule has 10 nitrogen and oxygen atoms in total. The van der Waals surface area contributed by atoms with Crippen molar-refractivity contribution < 1.29 is 18.1 Å². The smallest absolute Gasteiger partial charge is 0.294 e. The lowest BCUT2D eigenvalue weighted by molar-refractivity contribution is -0.384. The Morgan fingerprint density at radius 3 is 2.23 bits per heavy atom. The molecule has 0 atom stereocenters. The van der Waals surface area contributed by atoms with E-state index in [4.69, 9.17) is 20.4 Å². The molecule has 176 valence electrons. The minimum Gasteiger partial charge on any atom is -0.455 e. The van der Waals surface area contributed by atoms with Crippen LogP contribution in [-0.4, -0.2) is 13.3 Å². The van der Waals surface area contributed by atoms with Gasteiger partial charge in [-0.2, -0.15) is 10.5 Å². The molecule has 11 heteroatoms. The van der Waals surface area contributed by atoms with Crippen molar-refractivity contribution in [1.29, 1.82) is 10.5 Å². The summed E-state index contributed by atoms with van der Waals surface area (Å²) in [5.74, 6) is 0.128. The molecule has 0 saturated carbocycles. The number of ether oxygens (including phenoxy) is 1. The summed E-state index contributed by atoms with van der Waals surface area (Å²) in [6.07, 6.45) is 2.94. The fourth-order valence-electron chi connectivity index (χ4n) is 3.37. The predicted octanol–water partition coefficient (Wildman–Crippen LogP) is 4.80. The van der Waals surface area contributed by atoms with Crippen molar-refractivity contribution in [1.82, 2.24) is 0 Å². The van der Waals surface area contributed by atoms with E-state index in [-0.39, 0.29) is 11.4 Å². The molecular weight excluding hydrogens is 470 g/mol. The van der Waals surface area contributed by atoms with Gasteiger partial charge in [-0.1, -0.05) is 0 Å². The Kier molecular flexibility index (Phi) is 7.16. The Balaban J connectivity index is 2.15. The van der Waals surface area contributed by atoms with E-state index in [0.717, 1.165) is 11.6 Å². The Labute approximate surface area is 201 Å². The molecule has 0 fully saturated rings. The molecule has 3 rings (SSSR count). The first kappa shape index (κ1) is 24.9. The van der Waals surface area contributed by atoms with Crippen molar-refractivity contribution in [2.45, 2.75) is 18.7 Å². The van der Waals surface area contributed by atoms with Gasteiger partial charge in [-0.3, -0.25) is 10.1 Å². The van der Waals surface area contributed by atoms with Gasteiger partial charge in [0.1, 0.15) is 22.1 Å². The van der Waals surface area contributed by atoms with Crippen molar-refractivity contribution in [2.24, 2.45) is 5.14 Å². The molecule has 0 spiro atoms. The number of hydrogen-bond acceptors (Lipinski definition) is 8. The van der Waals surface area contributed by atoms with Gasteiger partial charge in [0.05, 0.1) is 22.6 Å². The van der Waals surface area contributed by atoms with E-state index in [0.29, 0.717) is 28.1 Å². The highest BCUT2D eigenvalue weighted by Gasteiger charge is 2.26. The van der Waals surface area contributed by atoms with E-state index >= 15 is 0 Å². The van der Waals surface area contributed by atoms with Crippen molar-refractivity contribution in [3.63, 3.8) is 0 Å². The van der Waals surface area contributed by atoms with Gasteiger partial charge >= 0.3 is 0 Å². The molecule has 3 N–H and O–H groups in total. The summed E-state index contributed by atoms with van der Waals surface area (Å²) in [6, 6.07) is 15.6. The summed E-state index contributed by atoms with van der Waals surface area (Å²) >= 11 is 0. The third-order valence-corrected chi connectivity index (χ3v) is 5.84. The number of rotatable bonds is 7. The fourth-order valence-corrected chi connectivity index (χ4v) is 4.03. The summed E-state index contributed by atoms with van der Waals surface area (Å²) in [7, 11) is -4.39. The lowest BCUT2D eigenvalue weighted by Crippen LogP contribution is -2.14. The van der Waals surface area contributed by atoms with E-state index < -0.39 is 25.5 Å². The van der Waals surface area contributed by atoms with Crippen LogP contribution in [0.3, 0.4) is 0 Å². The Hall–Kier alpha value is -4.71. The van der Waals surface area contributed by atoms with Crippen LogP contribution in [0, 0.1) is 46.6 Å². The molecular formula is C24H19N5O5S. The van der Waals surface area contributed by atoms with E-state index in [2.05, 4.69) is 5.32 Å². The van der Waals surface area contributed by atoms with Crippen LogP contribution in [0.25, 0.3) is 6.08 Å². The molecule has 0 aliphatic rings. The summed E-state index contributed by atoms with van der Waals surface area (Å²) in [5.41, 5.74) is 2.29. The zero-order chi connectivity index (χ0) is 25.8. The van der Waals surface area contributed by atoms with E-state index in [1.54, 1.807) is 44.2 Å². The zero-order valence-corrected chi connectivity index (χ0v) is 19.5. The van der Waals surface area contributed by atoms with Crippen LogP contribution in [-0.2, 0) is 10.0 Å². The summed E-state index contributed by atoms with van der Waals surface area (Å²) in [6.45, 7) is 3.48. The summed E-state index contributed by atoms with van der Waals surface area (Å²) in [5, 5.41) is 37.6. The molecule has 35 heavy (non-hydrogen) atoms. The quantitative estimate of drug-likeness (QED) is 0.270. The number of primary sulfonamides is 1. The third kappa shape index (κ3) is 5.81. The number of aryl methyl sites for hydroxylation is 2. The van der Waals surface area contributed by atoms with E-state index in [1.165, 1.54) is 24.3 Å². The summed E-state index contributed by atoms with van der Waals surface area (Å²) < 4.78 is 30.5. The van der Waals surface area contributed by atoms with Gasteiger partial charge in [0.2, 0.25) is 10.0 Å². The second-order valence-electron chi connectivity index (χ2n) is 7.48. The third-order valence-electron chi connectivity index (χ3n) is 4.90. The standard InChI is InChI=1S/C24H19N5O5S/c1-15-10-18(4-3-9-25)11-16(2)24(15)34-22-12-20(28-19-7-5-17(14-26)6-8-19)21(29(30)31)13-23(22)35(27,32)33/h3-8,10-13,28H,1-2H3,(H2,27,32,33)/b4-3+. The molecule has 3 aromatic rings. The monoisotopic (exact) mass is 489 g/mol. The summed E-state index contributed by atoms with van der Waals surface area (Å²) in [4.78, 5) is 10.4. The van der Waals surface area contributed by atoms with Crippen LogP contribution >= 0.6 is 0 Å². The topological polar surface area (TPSA) is 172 Å². The maximum Gasteiger partial charge on any atom is 0.294 e. The number of nitrogens with one attached hydrogen (secondary N) is 1. The first-order valence-corrected chi connectivity index (χ1v) is 11.6. The highest BCUT2D eigenvalue weighted by Crippen LogP contribution is 2.40. The van der Waals surface area contributed by atoms with E-state index in [1.807, 2.05) is 12.1 Å². The molecule has 3 aromatic carbocycles. The molecule has 0 amide bonds. The van der Waals surface area contributed by atoms with Crippen LogP contribution in [0.5, 0.6) is 11.5 Å². The van der Waals surface area contributed by atoms with Gasteiger partial charge in [0, 0.05) is 23.9 Å². The number of nitrogens with two attached hydrogens (primary N) is 1. The minimum absolute atomic E-state index is 0.0361. The maximum atomic E-state index is 12.3. The maximum absolute atomic E-state index is 12.3. The normalized spacial score (nSPS) is 11.0. The SMILES string of the molecule is Cc1cc(/C=C/C#N)cc(C)c1Oc1cc(Nc2ccc(C#N)cc2)c([N+](=O)[O-])cc1S(N)(=O)=O. The second kappa shape index (κ2) is 10.1. The highest BCUT2D eigenvalue weighted by atomic mass is 32.2. The fraction of sp³-hybridized carbons (Fsp3) is 0.0833. The number of benzene rings is 3. The lowest BCUT2D eigenvalue weighted by atomic mass is 10.1. The first-order chi connectivity index (χ1) is 16.5. The van der Waals surface area contributed by atoms with Crippen LogP contribution in [0.4, 0.5) is 17.1 Å². The molecule has 0 bridgehead atoms. The Bertz CT molecular complexity index is 1510. The van der Waals surface area contributed by atoms with Crippen LogP contribution in [0.2, 0.25) is 0 Å². The number of nitro benzene ring substituents is 1. The van der Waals surface area contributed by atoms with Gasteiger partial charge in [-0.25, -0.2) is 13.6 Å². The second-order valence-corrected chi connectivity index (χ2v) is 9.01. The van der Waals surface area contributed by atoms with Crippen molar-refractivity contribution >= 4 is 33.2 Å². The van der Waals surface area contributed by atoms with Crippen molar-refractivity contribution in [2.75, 3.05) is 5.32 Å². The van der Waals surface area contributed by atoms with Gasteiger partial charge in [-0.05, 0) is 73.0 Å². The van der Waals surface area contributed by atoms with Crippen LogP contribution < -0.4 is 15.2 Å². The van der Waals surface area contributed by atoms with Crippen molar-refractivity contribution in [3.05, 3.63) is 87.0 Å². The van der Waals surface area contributed by atoms with Gasteiger partial charge < -0.3 is 10.1 Å². The zero-order valence-electron chi connectivity index (χ0n) is 18.6. The van der Waals surface area contributed by atoms with Crippen LogP contribution in [0.15, 0.2) is 59.5 Å². The molecule has 0 radical (unpaired) electrons. The number of nitro groups is 1. The number of nitrogens with zero attached hydrogens (tertiary/aromatic N) is 3. The number of allylic oxidation sites excluding steroid dienone is 1. The number of nitriles is 2. The van der Waals surface area contributed by atoms with Crippen molar-refractivity contribution in [3.8, 4) is 23.6 Å². The Morgan fingerprint density at radius 1 is 1.09 bits per heavy atom. The number of hydrogen-bond donors (Lipinski definition) is 2. The average molecular weight is 490 g/mol. The molecule has 0 aliphatic heterocycles. The molecule has 0 heterocycles. The van der Waals surface area contributed by atoms with Gasteiger partial charge in [-0.15, -0.1) is 0 Å². The molecule has 0 saturated heterocycles. The van der Waals surface area contributed by atoms with Gasteiger partial charge in [0.25, 0.3) is 5.69 Å². The lowest BCUT2D eigenvalue weighted by Gasteiger charge is -2.17. The highest BCUT2D eigenvalue weighted by molar-refractivity contribution is 7.89. The van der Waals surface area contributed by atoms with Crippen LogP contribution in [0.1, 0.15) is 22.3 Å². The minimum atomic E-state index is -4.39. The molecule has 0 unspecified atom stereocenters. The number of anilines is 2. The van der Waals surface area contributed by atoms with E-state index in [9.17, 15) is 18.5 Å². The Morgan fingerprint density at radius 2 is 1.71 bits per heavy atom. The number of sulfonamides is 1. The largest absolute Gasteiger partial charge is 0.455 e.